The van der Waals surface area contributed by atoms with E-state index in [-0.39, 0.29) is 30.1 Å². The van der Waals surface area contributed by atoms with Crippen molar-refractivity contribution >= 4 is 16.7 Å². The quantitative estimate of drug-likeness (QED) is 0.412. The Hall–Kier alpha value is -2.65. The molecule has 30 heavy (non-hydrogen) atoms. The molecule has 1 saturated heterocycles. The summed E-state index contributed by atoms with van der Waals surface area (Å²) < 4.78 is 16.2. The Kier molecular flexibility index (Phi) is 6.33. The van der Waals surface area contributed by atoms with Crippen LogP contribution >= 0.6 is 0 Å². The van der Waals surface area contributed by atoms with Crippen LogP contribution in [0.2, 0.25) is 0 Å². The molecule has 2 aromatic carbocycles. The van der Waals surface area contributed by atoms with Crippen molar-refractivity contribution in [3.63, 3.8) is 0 Å². The zero-order valence-corrected chi connectivity index (χ0v) is 17.1. The number of benzene rings is 2. The molecule has 2 aromatic rings. The summed E-state index contributed by atoms with van der Waals surface area (Å²) in [5.41, 5.74) is -0.584. The number of ether oxygens (including phenoxy) is 3. The molecule has 0 radical (unpaired) electrons. The van der Waals surface area contributed by atoms with E-state index in [1.807, 2.05) is 19.9 Å². The van der Waals surface area contributed by atoms with Gasteiger partial charge in [-0.3, -0.25) is 0 Å². The number of hydrogen-bond acceptors (Lipinski definition) is 8. The number of carbonyl (C=O) groups is 1. The Bertz CT molecular complexity index is 979. The highest BCUT2D eigenvalue weighted by atomic mass is 16.7. The second-order valence-corrected chi connectivity index (χ2v) is 7.56. The standard InChI is InChI=1S/C22H26O8/c1-12(2)8-9-15-16(20(26)28-3)18(14-7-5-4-6-13(14)17(15)24)30-21-19(25)22(27,10-23)11-29-21/h4-8,19,21,23-25,27H,9-11H2,1-3H3. The van der Waals surface area contributed by atoms with Gasteiger partial charge in [-0.1, -0.05) is 35.9 Å². The summed E-state index contributed by atoms with van der Waals surface area (Å²) in [6.07, 6.45) is -0.795. The van der Waals surface area contributed by atoms with Crippen molar-refractivity contribution in [2.45, 2.75) is 38.3 Å². The molecular formula is C22H26O8. The van der Waals surface area contributed by atoms with Gasteiger partial charge >= 0.3 is 5.97 Å². The summed E-state index contributed by atoms with van der Waals surface area (Å²) in [6, 6.07) is 6.78. The van der Waals surface area contributed by atoms with E-state index >= 15 is 0 Å². The minimum Gasteiger partial charge on any atom is -0.507 e. The Morgan fingerprint density at radius 1 is 1.30 bits per heavy atom. The third-order valence-corrected chi connectivity index (χ3v) is 5.16. The molecule has 3 unspecified atom stereocenters. The van der Waals surface area contributed by atoms with Gasteiger partial charge in [-0.25, -0.2) is 4.79 Å². The lowest BCUT2D eigenvalue weighted by Gasteiger charge is -2.25. The number of rotatable bonds is 6. The average Bonchev–Trinajstić information content (AvgIpc) is 3.03. The summed E-state index contributed by atoms with van der Waals surface area (Å²) in [7, 11) is 1.22. The SMILES string of the molecule is COC(=O)c1c(CC=C(C)C)c(O)c2ccccc2c1OC1OCC(O)(CO)C1O. The third kappa shape index (κ3) is 3.87. The molecule has 1 aliphatic rings. The predicted molar refractivity (Wildman–Crippen MR) is 108 cm³/mol. The van der Waals surface area contributed by atoms with Crippen LogP contribution in [0.15, 0.2) is 35.9 Å². The number of methoxy groups -OCH3 is 1. The van der Waals surface area contributed by atoms with Crippen molar-refractivity contribution in [1.82, 2.24) is 0 Å². The van der Waals surface area contributed by atoms with Crippen LogP contribution in [0, 0.1) is 0 Å². The lowest BCUT2D eigenvalue weighted by Crippen LogP contribution is -2.48. The maximum Gasteiger partial charge on any atom is 0.342 e. The van der Waals surface area contributed by atoms with E-state index in [1.54, 1.807) is 24.3 Å². The number of phenols is 1. The number of allylic oxidation sites excluding steroid dienone is 2. The first-order valence-corrected chi connectivity index (χ1v) is 9.51. The van der Waals surface area contributed by atoms with Crippen molar-refractivity contribution in [1.29, 1.82) is 0 Å². The molecule has 0 amide bonds. The number of aliphatic hydroxyl groups is 3. The molecule has 162 valence electrons. The Morgan fingerprint density at radius 3 is 2.53 bits per heavy atom. The average molecular weight is 418 g/mol. The molecule has 3 atom stereocenters. The minimum atomic E-state index is -1.88. The van der Waals surface area contributed by atoms with Crippen LogP contribution in [0.25, 0.3) is 10.8 Å². The molecule has 0 spiro atoms. The number of hydrogen-bond donors (Lipinski definition) is 4. The van der Waals surface area contributed by atoms with Crippen LogP contribution in [-0.4, -0.2) is 64.7 Å². The van der Waals surface area contributed by atoms with Crippen molar-refractivity contribution in [2.24, 2.45) is 0 Å². The van der Waals surface area contributed by atoms with Crippen LogP contribution in [0.1, 0.15) is 29.8 Å². The van der Waals surface area contributed by atoms with E-state index in [2.05, 4.69) is 0 Å². The maximum atomic E-state index is 12.7. The van der Waals surface area contributed by atoms with Gasteiger partial charge in [0.25, 0.3) is 0 Å². The summed E-state index contributed by atoms with van der Waals surface area (Å²) in [5.74, 6) is -0.748. The number of phenolic OH excluding ortho intramolecular Hbond substituents is 1. The smallest absolute Gasteiger partial charge is 0.342 e. The van der Waals surface area contributed by atoms with Gasteiger partial charge in [0.2, 0.25) is 6.29 Å². The van der Waals surface area contributed by atoms with Gasteiger partial charge in [-0.15, -0.1) is 0 Å². The fraction of sp³-hybridized carbons (Fsp3) is 0.409. The summed E-state index contributed by atoms with van der Waals surface area (Å²) in [4.78, 5) is 12.7. The fourth-order valence-corrected chi connectivity index (χ4v) is 3.40. The van der Waals surface area contributed by atoms with Crippen molar-refractivity contribution in [3.05, 3.63) is 47.0 Å². The maximum absolute atomic E-state index is 12.7. The summed E-state index contributed by atoms with van der Waals surface area (Å²) in [5, 5.41) is 41.8. The molecule has 3 rings (SSSR count). The normalized spacial score (nSPS) is 23.4. The van der Waals surface area contributed by atoms with Gasteiger partial charge in [0.05, 0.1) is 20.3 Å². The van der Waals surface area contributed by atoms with Gasteiger partial charge in [0, 0.05) is 16.3 Å². The van der Waals surface area contributed by atoms with Gasteiger partial charge < -0.3 is 34.6 Å². The van der Waals surface area contributed by atoms with E-state index < -0.39 is 30.6 Å². The molecule has 0 bridgehead atoms. The predicted octanol–water partition coefficient (Wildman–Crippen LogP) is 1.66. The second kappa shape index (κ2) is 8.61. The van der Waals surface area contributed by atoms with Crippen LogP contribution in [0.5, 0.6) is 11.5 Å². The molecule has 0 saturated carbocycles. The van der Waals surface area contributed by atoms with E-state index in [0.29, 0.717) is 16.3 Å². The highest BCUT2D eigenvalue weighted by Gasteiger charge is 2.49. The van der Waals surface area contributed by atoms with Gasteiger partial charge in [0.1, 0.15) is 28.8 Å². The van der Waals surface area contributed by atoms with Crippen LogP contribution in [-0.2, 0) is 15.9 Å². The van der Waals surface area contributed by atoms with Crippen molar-refractivity contribution < 1.29 is 39.4 Å². The molecule has 8 heteroatoms. The van der Waals surface area contributed by atoms with E-state index in [4.69, 9.17) is 14.2 Å². The summed E-state index contributed by atoms with van der Waals surface area (Å²) >= 11 is 0. The van der Waals surface area contributed by atoms with Crippen LogP contribution in [0.3, 0.4) is 0 Å². The topological polar surface area (TPSA) is 126 Å². The van der Waals surface area contributed by atoms with Crippen LogP contribution < -0.4 is 4.74 Å². The van der Waals surface area contributed by atoms with Crippen molar-refractivity contribution in [3.8, 4) is 11.5 Å². The first kappa shape index (κ1) is 22.0. The van der Waals surface area contributed by atoms with E-state index in [9.17, 15) is 25.2 Å². The van der Waals surface area contributed by atoms with Crippen molar-refractivity contribution in [2.75, 3.05) is 20.3 Å². The minimum absolute atomic E-state index is 0.00133. The Balaban J connectivity index is 2.22. The number of carbonyl (C=O) groups excluding carboxylic acids is 1. The van der Waals surface area contributed by atoms with E-state index in [0.717, 1.165) is 5.57 Å². The van der Waals surface area contributed by atoms with Crippen LogP contribution in [0.4, 0.5) is 0 Å². The molecule has 1 heterocycles. The lowest BCUT2D eigenvalue weighted by molar-refractivity contribution is -0.115. The highest BCUT2D eigenvalue weighted by Crippen LogP contribution is 2.42. The second-order valence-electron chi connectivity index (χ2n) is 7.56. The molecule has 0 aliphatic carbocycles. The number of aliphatic hydroxyl groups excluding tert-OH is 2. The zero-order valence-electron chi connectivity index (χ0n) is 17.1. The number of aromatic hydroxyl groups is 1. The first-order valence-electron chi connectivity index (χ1n) is 9.51. The lowest BCUT2D eigenvalue weighted by atomic mass is 9.94. The van der Waals surface area contributed by atoms with E-state index in [1.165, 1.54) is 7.11 Å². The zero-order chi connectivity index (χ0) is 22.1. The Morgan fingerprint density at radius 2 is 1.97 bits per heavy atom. The molecule has 0 aromatic heterocycles. The Labute approximate surface area is 173 Å². The molecule has 1 fully saturated rings. The molecule has 4 N–H and O–H groups in total. The number of fused-ring (bicyclic) bond motifs is 1. The molecule has 8 nitrogen and oxygen atoms in total. The monoisotopic (exact) mass is 418 g/mol. The third-order valence-electron chi connectivity index (χ3n) is 5.16. The first-order chi connectivity index (χ1) is 14.2. The highest BCUT2D eigenvalue weighted by molar-refractivity contribution is 6.06. The molecular weight excluding hydrogens is 392 g/mol. The largest absolute Gasteiger partial charge is 0.507 e. The summed E-state index contributed by atoms with van der Waals surface area (Å²) in [6.45, 7) is 2.72. The van der Waals surface area contributed by atoms with Gasteiger partial charge in [-0.2, -0.15) is 0 Å². The molecule has 1 aliphatic heterocycles. The van der Waals surface area contributed by atoms with Gasteiger partial charge in [0.15, 0.2) is 0 Å². The van der Waals surface area contributed by atoms with Gasteiger partial charge in [-0.05, 0) is 20.3 Å². The number of esters is 1. The fourth-order valence-electron chi connectivity index (χ4n) is 3.40.